The maximum Gasteiger partial charge on any atom is 0.00442 e. The maximum absolute atomic E-state index is 5.92. The summed E-state index contributed by atoms with van der Waals surface area (Å²) in [5.41, 5.74) is 5.92. The van der Waals surface area contributed by atoms with Crippen LogP contribution in [-0.2, 0) is 0 Å². The molecule has 1 aliphatic rings. The molecule has 1 aliphatic carbocycles. The molecule has 1 radical (unpaired) electrons. The Morgan fingerprint density at radius 2 is 2.08 bits per heavy atom. The van der Waals surface area contributed by atoms with Crippen LogP contribution < -0.4 is 5.73 Å². The van der Waals surface area contributed by atoms with E-state index in [9.17, 15) is 0 Å². The third-order valence-electron chi connectivity index (χ3n) is 3.07. The molecule has 0 bridgehead atoms. The van der Waals surface area contributed by atoms with Gasteiger partial charge in [-0.15, -0.1) is 0 Å². The van der Waals surface area contributed by atoms with E-state index in [-0.39, 0.29) is 0 Å². The Hall–Kier alpha value is -0.0400. The molecule has 1 heteroatoms. The second-order valence-corrected chi connectivity index (χ2v) is 4.47. The fraction of sp³-hybridized carbons (Fsp3) is 0.917. The molecule has 0 saturated heterocycles. The monoisotopic (exact) mass is 182 g/mol. The fourth-order valence-electron chi connectivity index (χ4n) is 2.26. The van der Waals surface area contributed by atoms with Crippen molar-refractivity contribution in [3.05, 3.63) is 6.42 Å². The van der Waals surface area contributed by atoms with E-state index in [0.29, 0.717) is 6.04 Å². The molecular weight excluding hydrogens is 158 g/mol. The lowest BCUT2D eigenvalue weighted by molar-refractivity contribution is 0.343. The van der Waals surface area contributed by atoms with Crippen LogP contribution in [0.4, 0.5) is 0 Å². The van der Waals surface area contributed by atoms with Crippen LogP contribution in [-0.4, -0.2) is 6.04 Å². The first-order valence-corrected chi connectivity index (χ1v) is 5.90. The molecule has 2 unspecified atom stereocenters. The van der Waals surface area contributed by atoms with Crippen LogP contribution in [0.25, 0.3) is 0 Å². The number of unbranched alkanes of at least 4 members (excludes halogenated alkanes) is 3. The van der Waals surface area contributed by atoms with Crippen molar-refractivity contribution in [1.82, 2.24) is 0 Å². The van der Waals surface area contributed by atoms with E-state index in [4.69, 9.17) is 5.73 Å². The van der Waals surface area contributed by atoms with Gasteiger partial charge in [0.1, 0.15) is 0 Å². The minimum absolute atomic E-state index is 0.463. The summed E-state index contributed by atoms with van der Waals surface area (Å²) in [5, 5.41) is 0. The van der Waals surface area contributed by atoms with Gasteiger partial charge in [-0.2, -0.15) is 0 Å². The minimum atomic E-state index is 0.463. The molecule has 0 spiro atoms. The molecule has 2 N–H and O–H groups in total. The van der Waals surface area contributed by atoms with E-state index in [1.165, 1.54) is 44.9 Å². The van der Waals surface area contributed by atoms with Crippen molar-refractivity contribution in [3.8, 4) is 0 Å². The zero-order valence-electron chi connectivity index (χ0n) is 8.97. The molecule has 2 atom stereocenters. The molecule has 1 fully saturated rings. The van der Waals surface area contributed by atoms with Crippen molar-refractivity contribution in [2.75, 3.05) is 0 Å². The Balaban J connectivity index is 2.00. The zero-order valence-corrected chi connectivity index (χ0v) is 8.97. The van der Waals surface area contributed by atoms with E-state index in [1.54, 1.807) is 0 Å². The predicted octanol–water partition coefficient (Wildman–Crippen LogP) is 3.29. The van der Waals surface area contributed by atoms with E-state index in [2.05, 4.69) is 13.3 Å². The van der Waals surface area contributed by atoms with E-state index < -0.39 is 0 Å². The summed E-state index contributed by atoms with van der Waals surface area (Å²) in [6.45, 7) is 2.27. The fourth-order valence-corrected chi connectivity index (χ4v) is 2.26. The summed E-state index contributed by atoms with van der Waals surface area (Å²) < 4.78 is 0. The molecule has 1 nitrogen and oxygen atoms in total. The van der Waals surface area contributed by atoms with Crippen LogP contribution in [0.15, 0.2) is 0 Å². The number of rotatable bonds is 5. The highest BCUT2D eigenvalue weighted by Gasteiger charge is 2.18. The van der Waals surface area contributed by atoms with Crippen LogP contribution in [0, 0.1) is 12.3 Å². The lowest BCUT2D eigenvalue weighted by Crippen LogP contribution is -2.28. The SMILES string of the molecule is CCCCCCC1C[CH]CC(N)C1. The van der Waals surface area contributed by atoms with Gasteiger partial charge in [-0.25, -0.2) is 0 Å². The van der Waals surface area contributed by atoms with Gasteiger partial charge in [0.2, 0.25) is 0 Å². The van der Waals surface area contributed by atoms with Crippen molar-refractivity contribution in [2.24, 2.45) is 11.7 Å². The molecule has 0 aromatic rings. The molecule has 0 amide bonds. The summed E-state index contributed by atoms with van der Waals surface area (Å²) in [5.74, 6) is 0.903. The van der Waals surface area contributed by atoms with Crippen molar-refractivity contribution in [1.29, 1.82) is 0 Å². The van der Waals surface area contributed by atoms with Crippen LogP contribution >= 0.6 is 0 Å². The maximum atomic E-state index is 5.92. The molecule has 0 aromatic carbocycles. The van der Waals surface area contributed by atoms with E-state index in [0.717, 1.165) is 12.3 Å². The Morgan fingerprint density at radius 3 is 2.77 bits per heavy atom. The topological polar surface area (TPSA) is 26.0 Å². The van der Waals surface area contributed by atoms with Gasteiger partial charge in [0.15, 0.2) is 0 Å². The first kappa shape index (κ1) is 11.0. The lowest BCUT2D eigenvalue weighted by atomic mass is 9.83. The Labute approximate surface area is 83.1 Å². The van der Waals surface area contributed by atoms with Gasteiger partial charge in [0.05, 0.1) is 0 Å². The minimum Gasteiger partial charge on any atom is -0.328 e. The van der Waals surface area contributed by atoms with Gasteiger partial charge in [-0.1, -0.05) is 39.0 Å². The van der Waals surface area contributed by atoms with Gasteiger partial charge in [-0.05, 0) is 31.6 Å². The number of nitrogens with two attached hydrogens (primary N) is 1. The second kappa shape index (κ2) is 6.42. The highest BCUT2D eigenvalue weighted by Crippen LogP contribution is 2.26. The van der Waals surface area contributed by atoms with Crippen molar-refractivity contribution >= 4 is 0 Å². The second-order valence-electron chi connectivity index (χ2n) is 4.47. The summed E-state index contributed by atoms with van der Waals surface area (Å²) in [7, 11) is 0. The standard InChI is InChI=1S/C12H24N/c1-2-3-4-5-7-11-8-6-9-12(13)10-11/h6,11-12H,2-5,7-10,13H2,1H3. The predicted molar refractivity (Wildman–Crippen MR) is 58.4 cm³/mol. The van der Waals surface area contributed by atoms with Crippen LogP contribution in [0.3, 0.4) is 0 Å². The molecule has 0 aromatic heterocycles. The van der Waals surface area contributed by atoms with E-state index in [1.807, 2.05) is 0 Å². The summed E-state index contributed by atoms with van der Waals surface area (Å²) in [4.78, 5) is 0. The van der Waals surface area contributed by atoms with Gasteiger partial charge in [0, 0.05) is 6.04 Å². The summed E-state index contributed by atoms with van der Waals surface area (Å²) >= 11 is 0. The third kappa shape index (κ3) is 4.66. The van der Waals surface area contributed by atoms with Gasteiger partial charge >= 0.3 is 0 Å². The zero-order chi connectivity index (χ0) is 9.52. The van der Waals surface area contributed by atoms with Crippen LogP contribution in [0.2, 0.25) is 0 Å². The van der Waals surface area contributed by atoms with E-state index >= 15 is 0 Å². The molecule has 1 rings (SSSR count). The molecular formula is C12H24N. The van der Waals surface area contributed by atoms with Gasteiger partial charge < -0.3 is 5.73 Å². The number of hydrogen-bond acceptors (Lipinski definition) is 1. The average molecular weight is 182 g/mol. The first-order chi connectivity index (χ1) is 6.33. The van der Waals surface area contributed by atoms with Crippen molar-refractivity contribution < 1.29 is 0 Å². The molecule has 0 heterocycles. The van der Waals surface area contributed by atoms with Gasteiger partial charge in [0.25, 0.3) is 0 Å². The number of hydrogen-bond donors (Lipinski definition) is 1. The largest absolute Gasteiger partial charge is 0.328 e. The van der Waals surface area contributed by atoms with Gasteiger partial charge in [-0.3, -0.25) is 0 Å². The molecule has 0 aliphatic heterocycles. The molecule has 77 valence electrons. The molecule has 13 heavy (non-hydrogen) atoms. The van der Waals surface area contributed by atoms with Crippen molar-refractivity contribution in [3.63, 3.8) is 0 Å². The summed E-state index contributed by atoms with van der Waals surface area (Å²) in [6.07, 6.45) is 13.1. The highest BCUT2D eigenvalue weighted by atomic mass is 14.6. The Kier molecular flexibility index (Phi) is 5.45. The van der Waals surface area contributed by atoms with Crippen LogP contribution in [0.5, 0.6) is 0 Å². The average Bonchev–Trinajstić information content (AvgIpc) is 2.13. The summed E-state index contributed by atoms with van der Waals surface area (Å²) in [6, 6.07) is 0.463. The smallest absolute Gasteiger partial charge is 0.00442 e. The molecule has 1 saturated carbocycles. The first-order valence-electron chi connectivity index (χ1n) is 5.90. The Morgan fingerprint density at radius 1 is 1.23 bits per heavy atom. The third-order valence-corrected chi connectivity index (χ3v) is 3.07. The quantitative estimate of drug-likeness (QED) is 0.649. The normalized spacial score (nSPS) is 29.1. The highest BCUT2D eigenvalue weighted by molar-refractivity contribution is 4.85. The Bertz CT molecular complexity index is 122. The lowest BCUT2D eigenvalue weighted by Gasteiger charge is -2.26. The van der Waals surface area contributed by atoms with Crippen molar-refractivity contribution in [2.45, 2.75) is 64.3 Å². The van der Waals surface area contributed by atoms with Crippen LogP contribution in [0.1, 0.15) is 58.3 Å².